The third-order valence-electron chi connectivity index (χ3n) is 14.7. The van der Waals surface area contributed by atoms with E-state index in [1.807, 2.05) is 164 Å². The Morgan fingerprint density at radius 1 is 0.524 bits per heavy atom. The highest BCUT2D eigenvalue weighted by molar-refractivity contribution is 7.99. The van der Waals surface area contributed by atoms with Crippen molar-refractivity contribution in [1.82, 2.24) is 15.0 Å². The van der Waals surface area contributed by atoms with Crippen LogP contribution in [0.1, 0.15) is 58.5 Å². The maximum atomic E-state index is 7.09. The van der Waals surface area contributed by atoms with E-state index in [-0.39, 0.29) is 19.8 Å². The lowest BCUT2D eigenvalue weighted by Crippen LogP contribution is -2.60. The van der Waals surface area contributed by atoms with Crippen molar-refractivity contribution in [2.75, 3.05) is 20.3 Å². The van der Waals surface area contributed by atoms with Crippen molar-refractivity contribution < 1.29 is 56.8 Å². The fraction of sp³-hybridized carbons (Fsp3) is 0.353. The second-order valence-corrected chi connectivity index (χ2v) is 22.7. The van der Waals surface area contributed by atoms with E-state index in [4.69, 9.17) is 56.8 Å². The summed E-state index contributed by atoms with van der Waals surface area (Å²) in [6.45, 7) is 6.94. The number of thioether (sulfide) groups is 1. The molecule has 4 heterocycles. The molecule has 0 aliphatic carbocycles. The summed E-state index contributed by atoms with van der Waals surface area (Å²) in [7, 11) is 1.65. The van der Waals surface area contributed by atoms with Gasteiger partial charge in [-0.15, -0.1) is 5.10 Å². The van der Waals surface area contributed by atoms with E-state index in [0.29, 0.717) is 51.9 Å². The summed E-state index contributed by atoms with van der Waals surface area (Å²) in [5.41, 5.74) is 7.28. The second-order valence-electron chi connectivity index (χ2n) is 21.5. The minimum absolute atomic E-state index is 0.140. The van der Waals surface area contributed by atoms with Crippen LogP contribution in [0.2, 0.25) is 0 Å². The monoisotopic (exact) mass is 1160 g/mol. The number of benzene rings is 7. The third kappa shape index (κ3) is 16.4. The minimum atomic E-state index is -0.832. The molecule has 0 bridgehead atoms. The predicted octanol–water partition coefficient (Wildman–Crippen LogP) is 11.7. The number of fused-ring (bicyclic) bond motifs is 1. The number of hydrogen-bond donors (Lipinski definition) is 0. The molecule has 7 aromatic carbocycles. The van der Waals surface area contributed by atoms with Crippen LogP contribution < -0.4 is 4.74 Å². The number of ether oxygens (including phenoxy) is 12. The maximum Gasteiger partial charge on any atom is 0.190 e. The van der Waals surface area contributed by atoms with Gasteiger partial charge in [-0.05, 0) is 77.1 Å². The molecule has 11 rings (SSSR count). The van der Waals surface area contributed by atoms with Gasteiger partial charge in [0, 0.05) is 4.90 Å². The van der Waals surface area contributed by atoms with Gasteiger partial charge >= 0.3 is 0 Å². The van der Waals surface area contributed by atoms with E-state index in [1.165, 1.54) is 0 Å². The first kappa shape index (κ1) is 59.1. The molecule has 3 saturated heterocycles. The maximum absolute atomic E-state index is 7.09. The van der Waals surface area contributed by atoms with E-state index in [0.717, 1.165) is 49.6 Å². The lowest BCUT2D eigenvalue weighted by atomic mass is 9.99. The van der Waals surface area contributed by atoms with Crippen LogP contribution in [0.4, 0.5) is 0 Å². The average molecular weight is 1160 g/mol. The smallest absolute Gasteiger partial charge is 0.190 e. The van der Waals surface area contributed by atoms with Gasteiger partial charge in [-0.2, -0.15) is 0 Å². The zero-order chi connectivity index (χ0) is 57.3. The summed E-state index contributed by atoms with van der Waals surface area (Å²) < 4.78 is 80.8. The summed E-state index contributed by atoms with van der Waals surface area (Å²) in [5, 5.41) is 9.18. The Bertz CT molecular complexity index is 3200. The number of hydrogen-bond acceptors (Lipinski definition) is 15. The Labute approximate surface area is 496 Å². The van der Waals surface area contributed by atoms with Gasteiger partial charge in [0.05, 0.1) is 79.3 Å². The van der Waals surface area contributed by atoms with Gasteiger partial charge in [0.15, 0.2) is 12.1 Å². The van der Waals surface area contributed by atoms with Crippen molar-refractivity contribution in [3.63, 3.8) is 0 Å². The molecular weight excluding hydrogens is 1080 g/mol. The van der Waals surface area contributed by atoms with Crippen molar-refractivity contribution in [1.29, 1.82) is 0 Å². The van der Waals surface area contributed by atoms with Gasteiger partial charge < -0.3 is 56.8 Å². The van der Waals surface area contributed by atoms with Crippen molar-refractivity contribution in [2.24, 2.45) is 0 Å². The minimum Gasteiger partial charge on any atom is -0.497 e. The molecule has 84 heavy (non-hydrogen) atoms. The van der Waals surface area contributed by atoms with Crippen LogP contribution in [0.5, 0.6) is 5.75 Å². The van der Waals surface area contributed by atoms with Crippen molar-refractivity contribution >= 4 is 11.8 Å². The van der Waals surface area contributed by atoms with Gasteiger partial charge in [0.2, 0.25) is 0 Å². The van der Waals surface area contributed by atoms with Gasteiger partial charge in [0.25, 0.3) is 0 Å². The Hall–Kier alpha value is -6.61. The molecule has 1 aromatic heterocycles. The van der Waals surface area contributed by atoms with E-state index < -0.39 is 66.3 Å². The van der Waals surface area contributed by atoms with Crippen molar-refractivity contribution in [3.05, 3.63) is 251 Å². The largest absolute Gasteiger partial charge is 0.497 e. The molecule has 8 aromatic rings. The normalized spacial score (nSPS) is 23.1. The fourth-order valence-electron chi connectivity index (χ4n) is 10.6. The number of aromatic nitrogens is 3. The first-order valence-corrected chi connectivity index (χ1v) is 29.5. The van der Waals surface area contributed by atoms with E-state index in [2.05, 4.69) is 71.0 Å². The summed E-state index contributed by atoms with van der Waals surface area (Å²) in [6.07, 6.45) is -3.05. The molecule has 3 aliphatic rings. The summed E-state index contributed by atoms with van der Waals surface area (Å²) >= 11 is 1.59. The lowest BCUT2D eigenvalue weighted by Gasteiger charge is -2.46. The molecule has 10 atom stereocenters. The molecule has 0 saturated carbocycles. The Balaban J connectivity index is 0.778. The molecule has 0 unspecified atom stereocenters. The summed E-state index contributed by atoms with van der Waals surface area (Å²) in [4.78, 5) is 1.03. The average Bonchev–Trinajstić information content (AvgIpc) is 3.58. The molecule has 3 aliphatic heterocycles. The van der Waals surface area contributed by atoms with Crippen LogP contribution in [-0.2, 0) is 105 Å². The van der Waals surface area contributed by atoms with Gasteiger partial charge in [0.1, 0.15) is 65.7 Å². The van der Waals surface area contributed by atoms with Gasteiger partial charge in [-0.25, -0.2) is 4.68 Å². The highest BCUT2D eigenvalue weighted by atomic mass is 32.2. The Morgan fingerprint density at radius 3 is 1.71 bits per heavy atom. The first-order chi connectivity index (χ1) is 41.3. The molecule has 0 N–H and O–H groups in total. The van der Waals surface area contributed by atoms with Gasteiger partial charge in [-0.1, -0.05) is 193 Å². The Morgan fingerprint density at radius 2 is 1.07 bits per heavy atom. The third-order valence-corrected chi connectivity index (χ3v) is 15.9. The van der Waals surface area contributed by atoms with Crippen molar-refractivity contribution in [3.8, 4) is 5.75 Å². The quantitative estimate of drug-likeness (QED) is 0.0439. The SMILES string of the molecule is COc1ccc(CO[C@H](COCc2cccc(Cn3cc(CO[C@@H]4[C@@H](OCc5ccccc5)[C@H](OCc5ccccc5)[C@@H](COCc5ccccc5)O[C@H]4Sc4ccccc4)nn3)c2)[C@H]2O[C@@H]3OC(C)(C)O[C@@H]3[C@H]2OCc2ccccc2)cc1. The fourth-order valence-corrected chi connectivity index (χ4v) is 11.7. The van der Waals surface area contributed by atoms with Crippen LogP contribution in [0, 0.1) is 0 Å². The van der Waals surface area contributed by atoms with E-state index in [9.17, 15) is 0 Å². The number of methoxy groups -OCH3 is 1. The van der Waals surface area contributed by atoms with Gasteiger partial charge in [-0.3, -0.25) is 0 Å². The molecule has 3 fully saturated rings. The lowest BCUT2D eigenvalue weighted by molar-refractivity contribution is -0.254. The number of nitrogens with zero attached hydrogens (tertiary/aromatic N) is 3. The molecule has 0 amide bonds. The molecule has 438 valence electrons. The van der Waals surface area contributed by atoms with Crippen LogP contribution in [0.15, 0.2) is 211 Å². The Kier molecular flexibility index (Phi) is 20.7. The van der Waals surface area contributed by atoms with Crippen LogP contribution in [-0.4, -0.2) is 102 Å². The molecular formula is C68H73N3O12S. The van der Waals surface area contributed by atoms with Crippen LogP contribution in [0.3, 0.4) is 0 Å². The first-order valence-electron chi connectivity index (χ1n) is 28.6. The zero-order valence-corrected chi connectivity index (χ0v) is 48.4. The second kappa shape index (κ2) is 29.5. The molecule has 16 heteroatoms. The standard InChI is InChI=1S/C68H73N3O12S/c1-68(2)82-64-63(78-44-51-26-15-7-16-27-51)61(81-66(64)83-68)58(75-41-52-32-34-56(72-3)35-33-52)46-74-40-54-29-19-28-53(36-54)37-71-38-55(69-70-71)45-79-65-62(77-43-50-24-13-6-14-25-50)60(76-42-49-22-11-5-12-23-49)59(47-73-39-48-20-9-4-10-21-48)80-67(65)84-57-30-17-8-18-31-57/h4-36,38,58-67H,37,39-47H2,1-3H3/t58-,59-,60-,61-,62+,63+,64-,65-,66-,67+/m1/s1. The van der Waals surface area contributed by atoms with Crippen LogP contribution >= 0.6 is 11.8 Å². The predicted molar refractivity (Wildman–Crippen MR) is 316 cm³/mol. The molecule has 0 spiro atoms. The highest BCUT2D eigenvalue weighted by Gasteiger charge is 2.57. The van der Waals surface area contributed by atoms with E-state index in [1.54, 1.807) is 18.9 Å². The topological polar surface area (TPSA) is 141 Å². The summed E-state index contributed by atoms with van der Waals surface area (Å²) in [6, 6.07) is 66.8. The van der Waals surface area contributed by atoms with E-state index >= 15 is 0 Å². The zero-order valence-electron chi connectivity index (χ0n) is 47.6. The number of rotatable bonds is 29. The molecule has 0 radical (unpaired) electrons. The van der Waals surface area contributed by atoms with Crippen LogP contribution in [0.25, 0.3) is 0 Å². The summed E-state index contributed by atoms with van der Waals surface area (Å²) in [5.74, 6) is -0.0644. The highest BCUT2D eigenvalue weighted by Crippen LogP contribution is 2.42. The molecule has 15 nitrogen and oxygen atoms in total. The van der Waals surface area contributed by atoms with Crippen molar-refractivity contribution in [2.45, 2.75) is 138 Å².